The van der Waals surface area contributed by atoms with Crippen molar-refractivity contribution < 1.29 is 13.2 Å². The average molecular weight is 314 g/mol. The summed E-state index contributed by atoms with van der Waals surface area (Å²) < 4.78 is 39.4. The summed E-state index contributed by atoms with van der Waals surface area (Å²) in [5, 5.41) is 7.81. The maximum absolute atomic E-state index is 12.7. The number of halogens is 4. The zero-order valence-electron chi connectivity index (χ0n) is 10.3. The van der Waals surface area contributed by atoms with Gasteiger partial charge in [0.25, 0.3) is 0 Å². The molecule has 0 aliphatic carbocycles. The molecule has 0 saturated heterocycles. The lowest BCUT2D eigenvalue weighted by atomic mass is 10.1. The minimum atomic E-state index is -4.38. The molecule has 2 aromatic heterocycles. The monoisotopic (exact) mass is 313 g/mol. The van der Waals surface area contributed by atoms with Gasteiger partial charge in [0, 0.05) is 0 Å². The number of aromatic nitrogens is 5. The molecule has 3 rings (SSSR count). The number of hydrogen-bond donors (Lipinski definition) is 0. The second-order valence-electron chi connectivity index (χ2n) is 4.28. The van der Waals surface area contributed by atoms with Crippen LogP contribution in [0.4, 0.5) is 13.2 Å². The highest BCUT2D eigenvalue weighted by atomic mass is 35.5. The molecule has 108 valence electrons. The Kier molecular flexibility index (Phi) is 3.25. The summed E-state index contributed by atoms with van der Waals surface area (Å²) in [5.41, 5.74) is 0.405. The van der Waals surface area contributed by atoms with E-state index < -0.39 is 11.7 Å². The van der Waals surface area contributed by atoms with Gasteiger partial charge < -0.3 is 0 Å². The van der Waals surface area contributed by atoms with Crippen molar-refractivity contribution in [1.29, 1.82) is 0 Å². The van der Waals surface area contributed by atoms with Crippen LogP contribution in [0.3, 0.4) is 0 Å². The second kappa shape index (κ2) is 4.96. The van der Waals surface area contributed by atoms with Crippen LogP contribution >= 0.6 is 11.6 Å². The van der Waals surface area contributed by atoms with Crippen molar-refractivity contribution in [2.45, 2.75) is 12.7 Å². The normalized spacial score (nSPS) is 12.0. The molecule has 9 heteroatoms. The molecule has 0 spiro atoms. The van der Waals surface area contributed by atoms with Gasteiger partial charge in [-0.3, -0.25) is 0 Å². The molecular weight excluding hydrogens is 307 g/mol. The molecule has 21 heavy (non-hydrogen) atoms. The van der Waals surface area contributed by atoms with Crippen molar-refractivity contribution in [2.24, 2.45) is 0 Å². The zero-order valence-corrected chi connectivity index (χ0v) is 11.1. The van der Waals surface area contributed by atoms with Crippen molar-refractivity contribution in [3.63, 3.8) is 0 Å². The van der Waals surface area contributed by atoms with Crippen LogP contribution in [0.2, 0.25) is 5.15 Å². The Morgan fingerprint density at radius 2 is 2.00 bits per heavy atom. The Morgan fingerprint density at radius 3 is 2.76 bits per heavy atom. The van der Waals surface area contributed by atoms with Gasteiger partial charge >= 0.3 is 6.18 Å². The van der Waals surface area contributed by atoms with Crippen molar-refractivity contribution in [2.75, 3.05) is 0 Å². The van der Waals surface area contributed by atoms with Crippen LogP contribution < -0.4 is 0 Å². The standard InChI is InChI=1S/C12H7ClF3N5/c13-10-9-11(18-6-17-10)21(20-19-9)5-7-2-1-3-8(4-7)12(14,15)16/h1-4,6H,5H2. The highest BCUT2D eigenvalue weighted by Gasteiger charge is 2.30. The third kappa shape index (κ3) is 2.66. The van der Waals surface area contributed by atoms with Crippen molar-refractivity contribution in [3.8, 4) is 0 Å². The van der Waals surface area contributed by atoms with Crippen LogP contribution in [0.5, 0.6) is 0 Å². The maximum Gasteiger partial charge on any atom is 0.416 e. The molecule has 0 amide bonds. The highest BCUT2D eigenvalue weighted by Crippen LogP contribution is 2.29. The molecule has 0 aliphatic heterocycles. The Labute approximate surface area is 121 Å². The maximum atomic E-state index is 12.7. The average Bonchev–Trinajstić information content (AvgIpc) is 2.83. The Balaban J connectivity index is 1.98. The van der Waals surface area contributed by atoms with Gasteiger partial charge in [-0.25, -0.2) is 14.6 Å². The van der Waals surface area contributed by atoms with E-state index in [1.54, 1.807) is 6.07 Å². The summed E-state index contributed by atoms with van der Waals surface area (Å²) in [6.45, 7) is 0.105. The number of nitrogens with zero attached hydrogens (tertiary/aromatic N) is 5. The van der Waals surface area contributed by atoms with E-state index in [9.17, 15) is 13.2 Å². The molecule has 0 atom stereocenters. The summed E-state index contributed by atoms with van der Waals surface area (Å²) >= 11 is 5.84. The SMILES string of the molecule is FC(F)(F)c1cccc(Cn2nnc3c(Cl)ncnc32)c1. The van der Waals surface area contributed by atoms with Crippen LogP contribution in [0, 0.1) is 0 Å². The lowest BCUT2D eigenvalue weighted by Gasteiger charge is -2.08. The molecule has 5 nitrogen and oxygen atoms in total. The minimum absolute atomic E-state index is 0.105. The van der Waals surface area contributed by atoms with Gasteiger partial charge in [0.05, 0.1) is 12.1 Å². The van der Waals surface area contributed by atoms with Crippen molar-refractivity contribution in [3.05, 3.63) is 46.9 Å². The largest absolute Gasteiger partial charge is 0.416 e. The first-order valence-electron chi connectivity index (χ1n) is 5.81. The number of benzene rings is 1. The molecule has 1 aromatic carbocycles. The minimum Gasteiger partial charge on any atom is -0.222 e. The van der Waals surface area contributed by atoms with Crippen molar-refractivity contribution >= 4 is 22.8 Å². The molecule has 0 fully saturated rings. The van der Waals surface area contributed by atoms with E-state index in [1.165, 1.54) is 17.1 Å². The predicted octanol–water partition coefficient (Wildman–Crippen LogP) is 2.94. The molecule has 0 radical (unpaired) electrons. The predicted molar refractivity (Wildman–Crippen MR) is 68.7 cm³/mol. The molecule has 0 bridgehead atoms. The molecule has 2 heterocycles. The van der Waals surface area contributed by atoms with Crippen LogP contribution in [-0.2, 0) is 12.7 Å². The Hall–Kier alpha value is -2.22. The number of fused-ring (bicyclic) bond motifs is 1. The number of alkyl halides is 3. The molecule has 0 N–H and O–H groups in total. The fourth-order valence-electron chi connectivity index (χ4n) is 1.89. The van der Waals surface area contributed by atoms with Gasteiger partial charge in [0.15, 0.2) is 16.3 Å². The number of hydrogen-bond acceptors (Lipinski definition) is 4. The third-order valence-electron chi connectivity index (χ3n) is 2.84. The van der Waals surface area contributed by atoms with Gasteiger partial charge in [-0.2, -0.15) is 13.2 Å². The topological polar surface area (TPSA) is 56.5 Å². The fraction of sp³-hybridized carbons (Fsp3) is 0.167. The van der Waals surface area contributed by atoms with Crippen molar-refractivity contribution in [1.82, 2.24) is 25.0 Å². The van der Waals surface area contributed by atoms with Crippen LogP contribution in [0.15, 0.2) is 30.6 Å². The van der Waals surface area contributed by atoms with Gasteiger partial charge in [0.2, 0.25) is 0 Å². The summed E-state index contributed by atoms with van der Waals surface area (Å²) in [4.78, 5) is 7.75. The van der Waals surface area contributed by atoms with E-state index in [1.807, 2.05) is 0 Å². The van der Waals surface area contributed by atoms with E-state index in [4.69, 9.17) is 11.6 Å². The second-order valence-corrected chi connectivity index (χ2v) is 4.64. The van der Waals surface area contributed by atoms with E-state index >= 15 is 0 Å². The van der Waals surface area contributed by atoms with Gasteiger partial charge in [0.1, 0.15) is 6.33 Å². The van der Waals surface area contributed by atoms with Gasteiger partial charge in [-0.05, 0) is 17.7 Å². The van der Waals surface area contributed by atoms with E-state index in [2.05, 4.69) is 20.3 Å². The molecule has 3 aromatic rings. The van der Waals surface area contributed by atoms with E-state index in [0.717, 1.165) is 12.1 Å². The molecule has 0 aliphatic rings. The summed E-state index contributed by atoms with van der Waals surface area (Å²) in [5.74, 6) is 0. The summed E-state index contributed by atoms with van der Waals surface area (Å²) in [7, 11) is 0. The lowest BCUT2D eigenvalue weighted by Crippen LogP contribution is -2.07. The first kappa shape index (κ1) is 13.7. The quantitative estimate of drug-likeness (QED) is 0.683. The van der Waals surface area contributed by atoms with E-state index in [-0.39, 0.29) is 11.7 Å². The summed E-state index contributed by atoms with van der Waals surface area (Å²) in [6.07, 6.45) is -3.14. The molecule has 0 saturated carbocycles. The van der Waals surface area contributed by atoms with E-state index in [0.29, 0.717) is 16.7 Å². The molecule has 0 unspecified atom stereocenters. The lowest BCUT2D eigenvalue weighted by molar-refractivity contribution is -0.137. The van der Waals surface area contributed by atoms with Gasteiger partial charge in [-0.1, -0.05) is 28.9 Å². The highest BCUT2D eigenvalue weighted by molar-refractivity contribution is 6.33. The Bertz CT molecular complexity index is 799. The zero-order chi connectivity index (χ0) is 15.0. The van der Waals surface area contributed by atoms with Crippen LogP contribution in [0.25, 0.3) is 11.2 Å². The first-order valence-corrected chi connectivity index (χ1v) is 6.19. The fourth-order valence-corrected chi connectivity index (χ4v) is 2.06. The number of rotatable bonds is 2. The smallest absolute Gasteiger partial charge is 0.222 e. The third-order valence-corrected chi connectivity index (χ3v) is 3.12. The van der Waals surface area contributed by atoms with Crippen LogP contribution in [-0.4, -0.2) is 25.0 Å². The first-order chi connectivity index (χ1) is 9.95. The molecular formula is C12H7ClF3N5. The Morgan fingerprint density at radius 1 is 1.19 bits per heavy atom. The summed E-state index contributed by atoms with van der Waals surface area (Å²) in [6, 6.07) is 5.00. The van der Waals surface area contributed by atoms with Gasteiger partial charge in [-0.15, -0.1) is 5.10 Å². The van der Waals surface area contributed by atoms with Crippen LogP contribution in [0.1, 0.15) is 11.1 Å².